The molecule has 0 aliphatic rings. The SMILES string of the molecule is COc1ccc(C(CC(=O)O)NC(=O)CCOC(C)C)c(OC)c1. The summed E-state index contributed by atoms with van der Waals surface area (Å²) in [5, 5.41) is 11.9. The van der Waals surface area contributed by atoms with E-state index in [0.717, 1.165) is 0 Å². The van der Waals surface area contributed by atoms with Crippen LogP contribution in [0.15, 0.2) is 18.2 Å². The van der Waals surface area contributed by atoms with Crippen LogP contribution in [0.1, 0.15) is 38.3 Å². The van der Waals surface area contributed by atoms with Crippen LogP contribution < -0.4 is 14.8 Å². The molecule has 2 N–H and O–H groups in total. The van der Waals surface area contributed by atoms with E-state index in [1.807, 2.05) is 13.8 Å². The predicted molar refractivity (Wildman–Crippen MR) is 88.4 cm³/mol. The normalized spacial score (nSPS) is 11.9. The third-order valence-electron chi connectivity index (χ3n) is 3.31. The zero-order valence-corrected chi connectivity index (χ0v) is 14.5. The highest BCUT2D eigenvalue weighted by Gasteiger charge is 2.22. The molecule has 7 heteroatoms. The minimum atomic E-state index is -1.02. The Labute approximate surface area is 141 Å². The van der Waals surface area contributed by atoms with E-state index in [-0.39, 0.29) is 31.5 Å². The molecule has 0 aromatic heterocycles. The van der Waals surface area contributed by atoms with Crippen molar-refractivity contribution in [3.05, 3.63) is 23.8 Å². The Morgan fingerprint density at radius 2 is 1.92 bits per heavy atom. The summed E-state index contributed by atoms with van der Waals surface area (Å²) in [7, 11) is 3.01. The lowest BCUT2D eigenvalue weighted by Gasteiger charge is -2.20. The van der Waals surface area contributed by atoms with Crippen molar-refractivity contribution in [3.63, 3.8) is 0 Å². The minimum absolute atomic E-state index is 0.0364. The first-order chi connectivity index (χ1) is 11.4. The van der Waals surface area contributed by atoms with Crippen molar-refractivity contribution in [2.45, 2.75) is 38.8 Å². The average Bonchev–Trinajstić information content (AvgIpc) is 2.52. The van der Waals surface area contributed by atoms with Crippen molar-refractivity contribution in [2.75, 3.05) is 20.8 Å². The number of carbonyl (C=O) groups excluding carboxylic acids is 1. The molecule has 0 radical (unpaired) electrons. The van der Waals surface area contributed by atoms with Crippen LogP contribution in [0.3, 0.4) is 0 Å². The number of hydrogen-bond donors (Lipinski definition) is 2. The van der Waals surface area contributed by atoms with E-state index >= 15 is 0 Å². The smallest absolute Gasteiger partial charge is 0.305 e. The van der Waals surface area contributed by atoms with Gasteiger partial charge in [0.05, 0.1) is 39.4 Å². The second-order valence-electron chi connectivity index (χ2n) is 5.50. The molecule has 1 amide bonds. The van der Waals surface area contributed by atoms with Gasteiger partial charge in [-0.15, -0.1) is 0 Å². The predicted octanol–water partition coefficient (Wildman–Crippen LogP) is 2.15. The molecule has 0 saturated heterocycles. The number of hydrogen-bond acceptors (Lipinski definition) is 5. The molecule has 1 rings (SSSR count). The Morgan fingerprint density at radius 1 is 1.21 bits per heavy atom. The lowest BCUT2D eigenvalue weighted by atomic mass is 10.0. The third kappa shape index (κ3) is 6.45. The largest absolute Gasteiger partial charge is 0.497 e. The van der Waals surface area contributed by atoms with Crippen molar-refractivity contribution < 1.29 is 28.9 Å². The van der Waals surface area contributed by atoms with E-state index in [1.165, 1.54) is 14.2 Å². The molecule has 0 aliphatic carbocycles. The number of benzene rings is 1. The second kappa shape index (κ2) is 9.77. The number of ether oxygens (including phenoxy) is 3. The Bertz CT molecular complexity index is 558. The van der Waals surface area contributed by atoms with Gasteiger partial charge in [0.1, 0.15) is 11.5 Å². The molecule has 1 unspecified atom stereocenters. The number of aliphatic carboxylic acids is 1. The van der Waals surface area contributed by atoms with E-state index in [2.05, 4.69) is 5.32 Å². The van der Waals surface area contributed by atoms with Crippen molar-refractivity contribution in [1.29, 1.82) is 0 Å². The Morgan fingerprint density at radius 3 is 2.46 bits per heavy atom. The standard InChI is InChI=1S/C17H25NO6/c1-11(2)24-8-7-16(19)18-14(10-17(20)21)13-6-5-12(22-3)9-15(13)23-4/h5-6,9,11,14H,7-8,10H2,1-4H3,(H,18,19)(H,20,21). The van der Waals surface area contributed by atoms with Gasteiger partial charge in [0.15, 0.2) is 0 Å². The van der Waals surface area contributed by atoms with Gasteiger partial charge in [-0.05, 0) is 26.0 Å². The highest BCUT2D eigenvalue weighted by molar-refractivity contribution is 5.78. The lowest BCUT2D eigenvalue weighted by molar-refractivity contribution is -0.137. The first-order valence-corrected chi connectivity index (χ1v) is 7.72. The third-order valence-corrected chi connectivity index (χ3v) is 3.31. The van der Waals surface area contributed by atoms with E-state index < -0.39 is 12.0 Å². The maximum Gasteiger partial charge on any atom is 0.305 e. The molecule has 0 fully saturated rings. The number of nitrogens with one attached hydrogen (secondary N) is 1. The van der Waals surface area contributed by atoms with Gasteiger partial charge >= 0.3 is 5.97 Å². The summed E-state index contributed by atoms with van der Waals surface area (Å²) < 4.78 is 15.8. The summed E-state index contributed by atoms with van der Waals surface area (Å²) in [6.07, 6.45) is -0.0546. The second-order valence-corrected chi connectivity index (χ2v) is 5.50. The van der Waals surface area contributed by atoms with Gasteiger partial charge in [0, 0.05) is 18.1 Å². The van der Waals surface area contributed by atoms with E-state index in [9.17, 15) is 9.59 Å². The number of rotatable bonds is 10. The molecule has 1 aromatic carbocycles. The quantitative estimate of drug-likeness (QED) is 0.678. The summed E-state index contributed by atoms with van der Waals surface area (Å²) in [6, 6.07) is 4.34. The Balaban J connectivity index is 2.89. The molecule has 7 nitrogen and oxygen atoms in total. The fourth-order valence-corrected chi connectivity index (χ4v) is 2.17. The number of carbonyl (C=O) groups is 2. The molecule has 0 aliphatic heterocycles. The van der Waals surface area contributed by atoms with Gasteiger partial charge in [0.25, 0.3) is 0 Å². The molecular formula is C17H25NO6. The molecule has 0 spiro atoms. The van der Waals surface area contributed by atoms with Crippen LogP contribution in [0.4, 0.5) is 0 Å². The van der Waals surface area contributed by atoms with Crippen LogP contribution in [0, 0.1) is 0 Å². The summed E-state index contributed by atoms with van der Waals surface area (Å²) in [4.78, 5) is 23.2. The first kappa shape index (κ1) is 19.8. The van der Waals surface area contributed by atoms with E-state index in [0.29, 0.717) is 17.1 Å². The van der Waals surface area contributed by atoms with Crippen LogP contribution in [0.5, 0.6) is 11.5 Å². The van der Waals surface area contributed by atoms with Crippen LogP contribution in [0.25, 0.3) is 0 Å². The summed E-state index contributed by atoms with van der Waals surface area (Å²) in [6.45, 7) is 4.05. The summed E-state index contributed by atoms with van der Waals surface area (Å²) >= 11 is 0. The zero-order chi connectivity index (χ0) is 18.1. The monoisotopic (exact) mass is 339 g/mol. The maximum absolute atomic E-state index is 12.1. The molecule has 1 aromatic rings. The van der Waals surface area contributed by atoms with Gasteiger partial charge in [-0.1, -0.05) is 0 Å². The number of amides is 1. The number of methoxy groups -OCH3 is 2. The zero-order valence-electron chi connectivity index (χ0n) is 14.5. The number of carboxylic acid groups (broad SMARTS) is 1. The van der Waals surface area contributed by atoms with E-state index in [4.69, 9.17) is 19.3 Å². The number of carboxylic acids is 1. The van der Waals surface area contributed by atoms with Gasteiger partial charge in [-0.25, -0.2) is 0 Å². The van der Waals surface area contributed by atoms with Crippen LogP contribution in [0.2, 0.25) is 0 Å². The van der Waals surface area contributed by atoms with Crippen molar-refractivity contribution in [1.82, 2.24) is 5.32 Å². The lowest BCUT2D eigenvalue weighted by Crippen LogP contribution is -2.31. The summed E-state index contributed by atoms with van der Waals surface area (Å²) in [5.41, 5.74) is 0.582. The fraction of sp³-hybridized carbons (Fsp3) is 0.529. The Hall–Kier alpha value is -2.28. The van der Waals surface area contributed by atoms with Crippen LogP contribution in [-0.4, -0.2) is 43.9 Å². The van der Waals surface area contributed by atoms with Gasteiger partial charge in [0.2, 0.25) is 5.91 Å². The maximum atomic E-state index is 12.1. The van der Waals surface area contributed by atoms with Crippen LogP contribution in [-0.2, 0) is 14.3 Å². The molecular weight excluding hydrogens is 314 g/mol. The summed E-state index contributed by atoms with van der Waals surface area (Å²) in [5.74, 6) is -0.253. The van der Waals surface area contributed by atoms with Gasteiger partial charge < -0.3 is 24.6 Å². The van der Waals surface area contributed by atoms with Gasteiger partial charge in [-0.3, -0.25) is 9.59 Å². The van der Waals surface area contributed by atoms with E-state index in [1.54, 1.807) is 18.2 Å². The highest BCUT2D eigenvalue weighted by atomic mass is 16.5. The molecule has 24 heavy (non-hydrogen) atoms. The molecule has 0 saturated carbocycles. The first-order valence-electron chi connectivity index (χ1n) is 7.72. The van der Waals surface area contributed by atoms with Gasteiger partial charge in [-0.2, -0.15) is 0 Å². The average molecular weight is 339 g/mol. The Kier molecular flexibility index (Phi) is 8.05. The van der Waals surface area contributed by atoms with Crippen molar-refractivity contribution in [3.8, 4) is 11.5 Å². The minimum Gasteiger partial charge on any atom is -0.497 e. The molecule has 0 bridgehead atoms. The highest BCUT2D eigenvalue weighted by Crippen LogP contribution is 2.31. The fourth-order valence-electron chi connectivity index (χ4n) is 2.17. The molecule has 134 valence electrons. The van der Waals surface area contributed by atoms with Crippen LogP contribution >= 0.6 is 0 Å². The topological polar surface area (TPSA) is 94.1 Å². The van der Waals surface area contributed by atoms with Crippen molar-refractivity contribution >= 4 is 11.9 Å². The molecule has 1 atom stereocenters. The van der Waals surface area contributed by atoms with Crippen molar-refractivity contribution in [2.24, 2.45) is 0 Å². The molecule has 0 heterocycles.